The first kappa shape index (κ1) is 19.6. The lowest BCUT2D eigenvalue weighted by molar-refractivity contribution is 0.0737. The molecule has 27 heavy (non-hydrogen) atoms. The number of hydrogen-bond donors (Lipinski definition) is 0. The number of nitrogens with zero attached hydrogens (tertiary/aromatic N) is 3. The van der Waals surface area contributed by atoms with Crippen LogP contribution >= 0.6 is 11.3 Å². The topological polar surface area (TPSA) is 47.3 Å². The number of aryl methyl sites for hydroxylation is 1. The van der Waals surface area contributed by atoms with E-state index in [1.165, 1.54) is 16.9 Å². The van der Waals surface area contributed by atoms with E-state index in [1.807, 2.05) is 43.3 Å². The van der Waals surface area contributed by atoms with Gasteiger partial charge in [0.2, 0.25) is 0 Å². The Morgan fingerprint density at radius 3 is 2.67 bits per heavy atom. The van der Waals surface area contributed by atoms with Crippen LogP contribution in [0.3, 0.4) is 0 Å². The van der Waals surface area contributed by atoms with Crippen molar-refractivity contribution >= 4 is 17.2 Å². The van der Waals surface area contributed by atoms with Crippen LogP contribution in [0, 0.1) is 17.2 Å². The summed E-state index contributed by atoms with van der Waals surface area (Å²) in [4.78, 5) is 19.5. The molecule has 0 N–H and O–H groups in total. The Morgan fingerprint density at radius 2 is 2.00 bits per heavy atom. The van der Waals surface area contributed by atoms with Crippen LogP contribution in [0.2, 0.25) is 0 Å². The molecule has 1 heterocycles. The highest BCUT2D eigenvalue weighted by Crippen LogP contribution is 2.33. The molecule has 1 aromatic carbocycles. The Bertz CT molecular complexity index is 832. The molecule has 5 heteroatoms. The molecule has 1 aliphatic carbocycles. The minimum atomic E-state index is 0.119. The fourth-order valence-corrected chi connectivity index (χ4v) is 4.62. The lowest BCUT2D eigenvalue weighted by atomic mass is 9.90. The van der Waals surface area contributed by atoms with Crippen LogP contribution in [-0.4, -0.2) is 42.9 Å². The van der Waals surface area contributed by atoms with Crippen molar-refractivity contribution in [2.75, 3.05) is 27.2 Å². The van der Waals surface area contributed by atoms with Gasteiger partial charge in [-0.15, -0.1) is 11.3 Å². The minimum Gasteiger partial charge on any atom is -0.332 e. The van der Waals surface area contributed by atoms with E-state index in [9.17, 15) is 4.79 Å². The average Bonchev–Trinajstić information content (AvgIpc) is 3.08. The van der Waals surface area contributed by atoms with E-state index in [-0.39, 0.29) is 5.91 Å². The maximum absolute atomic E-state index is 13.2. The molecule has 4 nitrogen and oxygen atoms in total. The van der Waals surface area contributed by atoms with Crippen molar-refractivity contribution in [3.8, 4) is 6.07 Å². The average molecular weight is 382 g/mol. The van der Waals surface area contributed by atoms with E-state index in [0.29, 0.717) is 24.6 Å². The molecule has 3 rings (SSSR count). The molecule has 1 aromatic heterocycles. The second-order valence-electron chi connectivity index (χ2n) is 7.75. The Hall–Kier alpha value is -2.16. The van der Waals surface area contributed by atoms with E-state index in [1.54, 1.807) is 11.3 Å². The maximum atomic E-state index is 13.2. The zero-order chi connectivity index (χ0) is 19.4. The van der Waals surface area contributed by atoms with Gasteiger partial charge in [0, 0.05) is 24.5 Å². The van der Waals surface area contributed by atoms with Gasteiger partial charge in [-0.1, -0.05) is 19.1 Å². The Balaban J connectivity index is 1.79. The second kappa shape index (κ2) is 8.69. The molecule has 1 atom stereocenters. The van der Waals surface area contributed by atoms with Gasteiger partial charge in [-0.25, -0.2) is 0 Å². The van der Waals surface area contributed by atoms with Gasteiger partial charge in [-0.3, -0.25) is 4.79 Å². The van der Waals surface area contributed by atoms with Crippen molar-refractivity contribution in [3.63, 3.8) is 0 Å². The molecule has 0 saturated carbocycles. The van der Waals surface area contributed by atoms with Crippen molar-refractivity contribution < 1.29 is 4.79 Å². The molecular weight excluding hydrogens is 354 g/mol. The van der Waals surface area contributed by atoms with E-state index >= 15 is 0 Å². The summed E-state index contributed by atoms with van der Waals surface area (Å²) in [5.74, 6) is 0.826. The largest absolute Gasteiger partial charge is 0.332 e. The molecule has 0 saturated heterocycles. The number of benzene rings is 1. The number of thiophene rings is 1. The van der Waals surface area contributed by atoms with Crippen LogP contribution in [0.4, 0.5) is 0 Å². The number of hydrogen-bond acceptors (Lipinski definition) is 4. The van der Waals surface area contributed by atoms with Crippen molar-refractivity contribution in [2.24, 2.45) is 5.92 Å². The van der Waals surface area contributed by atoms with Gasteiger partial charge in [0.25, 0.3) is 5.91 Å². The molecule has 2 aromatic rings. The number of rotatable bonds is 6. The Labute approximate surface area is 166 Å². The SMILES string of the molecule is C[C@H]1CCc2sc(C(=O)N(CCN(C)C)Cc3ccc(C#N)cc3)cc2C1. The molecule has 0 aliphatic heterocycles. The predicted octanol–water partition coefficient (Wildman–Crippen LogP) is 3.95. The zero-order valence-electron chi connectivity index (χ0n) is 16.4. The van der Waals surface area contributed by atoms with E-state index in [0.717, 1.165) is 29.8 Å². The third-order valence-electron chi connectivity index (χ3n) is 5.10. The lowest BCUT2D eigenvalue weighted by Gasteiger charge is -2.24. The Kier molecular flexibility index (Phi) is 6.30. The standard InChI is InChI=1S/C22H27N3OS/c1-16-4-9-20-19(12-16)13-21(27-20)22(26)25(11-10-24(2)3)15-18-7-5-17(14-23)6-8-18/h5-8,13,16H,4,9-12,15H2,1-3H3/t16-/m0/s1. The minimum absolute atomic E-state index is 0.119. The van der Waals surface area contributed by atoms with Crippen LogP contribution in [0.25, 0.3) is 0 Å². The quantitative estimate of drug-likeness (QED) is 0.761. The normalized spacial score (nSPS) is 16.0. The summed E-state index contributed by atoms with van der Waals surface area (Å²) in [5.41, 5.74) is 3.06. The summed E-state index contributed by atoms with van der Waals surface area (Å²) in [6, 6.07) is 11.8. The van der Waals surface area contributed by atoms with Crippen LogP contribution in [-0.2, 0) is 19.4 Å². The first-order valence-electron chi connectivity index (χ1n) is 9.51. The first-order valence-corrected chi connectivity index (χ1v) is 10.3. The van der Waals surface area contributed by atoms with Gasteiger partial charge in [-0.2, -0.15) is 5.26 Å². The number of amides is 1. The van der Waals surface area contributed by atoms with Crippen molar-refractivity contribution in [1.29, 1.82) is 5.26 Å². The molecule has 1 amide bonds. The van der Waals surface area contributed by atoms with Gasteiger partial charge >= 0.3 is 0 Å². The van der Waals surface area contributed by atoms with Crippen molar-refractivity contribution in [3.05, 3.63) is 56.8 Å². The van der Waals surface area contributed by atoms with Crippen LogP contribution in [0.1, 0.15) is 44.6 Å². The first-order chi connectivity index (χ1) is 13.0. The molecule has 0 unspecified atom stereocenters. The smallest absolute Gasteiger partial charge is 0.264 e. The third kappa shape index (κ3) is 4.97. The molecule has 0 spiro atoms. The molecule has 0 radical (unpaired) electrons. The molecular formula is C22H27N3OS. The highest BCUT2D eigenvalue weighted by atomic mass is 32.1. The van der Waals surface area contributed by atoms with Crippen LogP contribution < -0.4 is 0 Å². The fraction of sp³-hybridized carbons (Fsp3) is 0.455. The highest BCUT2D eigenvalue weighted by Gasteiger charge is 2.23. The van der Waals surface area contributed by atoms with Gasteiger partial charge < -0.3 is 9.80 Å². The van der Waals surface area contributed by atoms with Gasteiger partial charge in [0.05, 0.1) is 16.5 Å². The number of fused-ring (bicyclic) bond motifs is 1. The van der Waals surface area contributed by atoms with Crippen molar-refractivity contribution in [2.45, 2.75) is 32.7 Å². The number of nitriles is 1. The zero-order valence-corrected chi connectivity index (χ0v) is 17.2. The molecule has 0 bridgehead atoms. The van der Waals surface area contributed by atoms with Gasteiger partial charge in [0.15, 0.2) is 0 Å². The maximum Gasteiger partial charge on any atom is 0.264 e. The van der Waals surface area contributed by atoms with Crippen LogP contribution in [0.5, 0.6) is 0 Å². The fourth-order valence-electron chi connectivity index (χ4n) is 3.45. The summed E-state index contributed by atoms with van der Waals surface area (Å²) in [5, 5.41) is 8.97. The summed E-state index contributed by atoms with van der Waals surface area (Å²) in [6.45, 7) is 4.36. The summed E-state index contributed by atoms with van der Waals surface area (Å²) < 4.78 is 0. The monoisotopic (exact) mass is 381 g/mol. The van der Waals surface area contributed by atoms with E-state index < -0.39 is 0 Å². The number of carbonyl (C=O) groups excluding carboxylic acids is 1. The van der Waals surface area contributed by atoms with E-state index in [4.69, 9.17) is 5.26 Å². The molecule has 1 aliphatic rings. The highest BCUT2D eigenvalue weighted by molar-refractivity contribution is 7.14. The van der Waals surface area contributed by atoms with Gasteiger partial charge in [0.1, 0.15) is 0 Å². The molecule has 0 fully saturated rings. The van der Waals surface area contributed by atoms with Gasteiger partial charge in [-0.05, 0) is 68.6 Å². The molecule has 142 valence electrons. The Morgan fingerprint density at radius 1 is 1.26 bits per heavy atom. The van der Waals surface area contributed by atoms with E-state index in [2.05, 4.69) is 24.0 Å². The second-order valence-corrected chi connectivity index (χ2v) is 8.88. The lowest BCUT2D eigenvalue weighted by Crippen LogP contribution is -2.35. The van der Waals surface area contributed by atoms with Crippen molar-refractivity contribution in [1.82, 2.24) is 9.80 Å². The third-order valence-corrected chi connectivity index (χ3v) is 6.33. The summed E-state index contributed by atoms with van der Waals surface area (Å²) >= 11 is 1.68. The number of carbonyl (C=O) groups is 1. The number of likely N-dealkylation sites (N-methyl/N-ethyl adjacent to an activating group) is 1. The summed E-state index contributed by atoms with van der Waals surface area (Å²) in [6.07, 6.45) is 3.41. The van der Waals surface area contributed by atoms with Crippen LogP contribution in [0.15, 0.2) is 30.3 Å². The summed E-state index contributed by atoms with van der Waals surface area (Å²) in [7, 11) is 4.05. The predicted molar refractivity (Wildman–Crippen MR) is 110 cm³/mol.